The first-order valence-corrected chi connectivity index (χ1v) is 9.98. The summed E-state index contributed by atoms with van der Waals surface area (Å²) in [7, 11) is 0. The lowest BCUT2D eigenvalue weighted by Crippen LogP contribution is -2.58. The summed E-state index contributed by atoms with van der Waals surface area (Å²) in [6, 6.07) is 9.36. The van der Waals surface area contributed by atoms with Crippen molar-refractivity contribution in [1.82, 2.24) is 10.4 Å². The van der Waals surface area contributed by atoms with E-state index in [4.69, 9.17) is 12.2 Å². The number of hydrogen-bond donors (Lipinski definition) is 2. The van der Waals surface area contributed by atoms with Gasteiger partial charge in [-0.25, -0.2) is 4.79 Å². The highest BCUT2D eigenvalue weighted by Crippen LogP contribution is 2.44. The molecule has 136 valence electrons. The maximum absolute atomic E-state index is 12.7. The summed E-state index contributed by atoms with van der Waals surface area (Å²) in [5.41, 5.74) is 0.875. The molecule has 2 N–H and O–H groups in total. The van der Waals surface area contributed by atoms with Gasteiger partial charge in [-0.3, -0.25) is 5.21 Å². The molecular weight excluding hydrogens is 354 g/mol. The molecule has 0 radical (unpaired) electrons. The van der Waals surface area contributed by atoms with Gasteiger partial charge in [-0.15, -0.1) is 0 Å². The van der Waals surface area contributed by atoms with Crippen molar-refractivity contribution in [3.05, 3.63) is 30.3 Å². The number of carbonyl (C=O) groups is 1. The van der Waals surface area contributed by atoms with Crippen LogP contribution in [-0.4, -0.2) is 37.6 Å². The van der Waals surface area contributed by atoms with Crippen LogP contribution >= 0.6 is 24.0 Å². The second-order valence-electron chi connectivity index (χ2n) is 7.18. The van der Waals surface area contributed by atoms with Crippen LogP contribution in [0.3, 0.4) is 0 Å². The van der Waals surface area contributed by atoms with Crippen LogP contribution in [0.2, 0.25) is 0 Å². The molecule has 0 aromatic heterocycles. The van der Waals surface area contributed by atoms with E-state index in [2.05, 4.69) is 5.32 Å². The first kappa shape index (κ1) is 18.5. The Hall–Kier alpha value is -1.31. The first-order chi connectivity index (χ1) is 11.9. The maximum Gasteiger partial charge on any atom is 0.343 e. The van der Waals surface area contributed by atoms with Gasteiger partial charge in [-0.05, 0) is 38.8 Å². The van der Waals surface area contributed by atoms with Gasteiger partial charge >= 0.3 is 6.03 Å². The molecule has 3 rings (SSSR count). The number of thiocarbonyl (C=S) groups is 1. The Bertz CT molecular complexity index is 632. The molecule has 25 heavy (non-hydrogen) atoms. The van der Waals surface area contributed by atoms with Gasteiger partial charge in [0.05, 0.1) is 4.75 Å². The summed E-state index contributed by atoms with van der Waals surface area (Å²) in [6.45, 7) is 3.99. The number of anilines is 1. The van der Waals surface area contributed by atoms with Crippen LogP contribution in [0.25, 0.3) is 0 Å². The average molecular weight is 380 g/mol. The van der Waals surface area contributed by atoms with Crippen LogP contribution in [0.15, 0.2) is 30.3 Å². The molecule has 5 nitrogen and oxygen atoms in total. The van der Waals surface area contributed by atoms with Crippen molar-refractivity contribution < 1.29 is 10.0 Å². The van der Waals surface area contributed by atoms with Crippen LogP contribution < -0.4 is 10.2 Å². The number of benzene rings is 1. The Morgan fingerprint density at radius 3 is 2.56 bits per heavy atom. The van der Waals surface area contributed by atoms with E-state index < -0.39 is 16.9 Å². The first-order valence-electron chi connectivity index (χ1n) is 8.76. The smallest absolute Gasteiger partial charge is 0.333 e. The van der Waals surface area contributed by atoms with E-state index in [9.17, 15) is 10.0 Å². The topological polar surface area (TPSA) is 55.8 Å². The highest BCUT2D eigenvalue weighted by molar-refractivity contribution is 8.24. The van der Waals surface area contributed by atoms with Gasteiger partial charge in [-0.1, -0.05) is 61.4 Å². The Labute approximate surface area is 158 Å². The number of hydrogen-bond acceptors (Lipinski definition) is 4. The monoisotopic (exact) mass is 379 g/mol. The molecule has 2 amide bonds. The fourth-order valence-electron chi connectivity index (χ4n) is 3.58. The summed E-state index contributed by atoms with van der Waals surface area (Å²) in [4.78, 5) is 14.5. The third-order valence-electron chi connectivity index (χ3n) is 4.82. The molecule has 1 aromatic rings. The lowest BCUT2D eigenvalue weighted by atomic mass is 9.96. The van der Waals surface area contributed by atoms with Gasteiger partial charge in [0, 0.05) is 11.7 Å². The molecule has 7 heteroatoms. The molecule has 1 saturated heterocycles. The van der Waals surface area contributed by atoms with Gasteiger partial charge in [0.15, 0.2) is 6.17 Å². The van der Waals surface area contributed by atoms with Gasteiger partial charge in [-0.2, -0.15) is 5.06 Å². The minimum Gasteiger partial charge on any atom is -0.333 e. The van der Waals surface area contributed by atoms with E-state index in [1.54, 1.807) is 0 Å². The average Bonchev–Trinajstić information content (AvgIpc) is 2.84. The number of nitrogens with zero attached hydrogens (tertiary/aromatic N) is 2. The zero-order valence-electron chi connectivity index (χ0n) is 14.6. The highest BCUT2D eigenvalue weighted by Gasteiger charge is 2.50. The van der Waals surface area contributed by atoms with Crippen molar-refractivity contribution in [1.29, 1.82) is 0 Å². The molecule has 1 heterocycles. The van der Waals surface area contributed by atoms with Crippen LogP contribution in [-0.2, 0) is 0 Å². The SMILES string of the molecule is CC1(C)SC(=S)N(c2ccccc2)[C@@H]1N(O)C(=O)NC1CCCCC1. The molecule has 0 bridgehead atoms. The van der Waals surface area contributed by atoms with Gasteiger partial charge in [0.1, 0.15) is 4.32 Å². The summed E-state index contributed by atoms with van der Waals surface area (Å²) < 4.78 is 0.233. The lowest BCUT2D eigenvalue weighted by Gasteiger charge is -2.37. The fourth-order valence-corrected chi connectivity index (χ4v) is 5.49. The lowest BCUT2D eigenvalue weighted by molar-refractivity contribution is -0.0824. The highest BCUT2D eigenvalue weighted by atomic mass is 32.2. The number of hydroxylamine groups is 2. The molecule has 0 spiro atoms. The third kappa shape index (κ3) is 3.93. The Kier molecular flexibility index (Phi) is 5.55. The van der Waals surface area contributed by atoms with E-state index in [0.717, 1.165) is 36.4 Å². The minimum absolute atomic E-state index is 0.144. The Morgan fingerprint density at radius 2 is 1.92 bits per heavy atom. The molecule has 1 atom stereocenters. The predicted molar refractivity (Wildman–Crippen MR) is 106 cm³/mol. The molecular formula is C18H25N3O2S2. The van der Waals surface area contributed by atoms with Crippen molar-refractivity contribution >= 4 is 40.0 Å². The van der Waals surface area contributed by atoms with E-state index in [1.165, 1.54) is 18.2 Å². The van der Waals surface area contributed by atoms with E-state index in [0.29, 0.717) is 4.32 Å². The molecule has 1 aromatic carbocycles. The van der Waals surface area contributed by atoms with Crippen LogP contribution in [0.5, 0.6) is 0 Å². The zero-order valence-corrected chi connectivity index (χ0v) is 16.3. The molecule has 1 aliphatic carbocycles. The van der Waals surface area contributed by atoms with Crippen molar-refractivity contribution in [2.45, 2.75) is 62.9 Å². The normalized spacial score (nSPS) is 23.6. The second-order valence-corrected chi connectivity index (χ2v) is 9.47. The van der Waals surface area contributed by atoms with Crippen molar-refractivity contribution in [3.63, 3.8) is 0 Å². The number of amides is 2. The zero-order chi connectivity index (χ0) is 18.0. The number of thioether (sulfide) groups is 1. The molecule has 2 fully saturated rings. The summed E-state index contributed by atoms with van der Waals surface area (Å²) in [5.74, 6) is 0. The molecule has 1 aliphatic heterocycles. The van der Waals surface area contributed by atoms with E-state index in [1.807, 2.05) is 49.1 Å². The predicted octanol–water partition coefficient (Wildman–Crippen LogP) is 4.36. The number of rotatable bonds is 3. The quantitative estimate of drug-likeness (QED) is 0.464. The standard InChI is InChI=1S/C18H25N3O2S2/c1-18(2)15(20(17(24)25-18)14-11-7-4-8-12-14)21(23)16(22)19-13-9-5-3-6-10-13/h4,7-8,11-13,15,23H,3,5-6,9-10H2,1-2H3,(H,19,22)/t15-/m1/s1. The largest absolute Gasteiger partial charge is 0.343 e. The molecule has 0 unspecified atom stereocenters. The van der Waals surface area contributed by atoms with Gasteiger partial charge in [0.2, 0.25) is 0 Å². The summed E-state index contributed by atoms with van der Waals surface area (Å²) in [6.07, 6.45) is 4.86. The number of para-hydroxylation sites is 1. The van der Waals surface area contributed by atoms with Crippen LogP contribution in [0.1, 0.15) is 46.0 Å². The molecule has 2 aliphatic rings. The number of nitrogens with one attached hydrogen (secondary N) is 1. The van der Waals surface area contributed by atoms with E-state index >= 15 is 0 Å². The van der Waals surface area contributed by atoms with Crippen LogP contribution in [0, 0.1) is 0 Å². The minimum atomic E-state index is -0.559. The van der Waals surface area contributed by atoms with Crippen molar-refractivity contribution in [2.24, 2.45) is 0 Å². The van der Waals surface area contributed by atoms with Gasteiger partial charge < -0.3 is 10.2 Å². The second kappa shape index (κ2) is 7.51. The Balaban J connectivity index is 1.80. The maximum atomic E-state index is 12.7. The summed E-state index contributed by atoms with van der Waals surface area (Å²) >= 11 is 7.04. The third-order valence-corrected chi connectivity index (χ3v) is 6.38. The van der Waals surface area contributed by atoms with E-state index in [-0.39, 0.29) is 6.04 Å². The van der Waals surface area contributed by atoms with Crippen molar-refractivity contribution in [2.75, 3.05) is 4.90 Å². The number of urea groups is 1. The fraction of sp³-hybridized carbons (Fsp3) is 0.556. The molecule has 1 saturated carbocycles. The number of carbonyl (C=O) groups excluding carboxylic acids is 1. The van der Waals surface area contributed by atoms with Crippen molar-refractivity contribution in [3.8, 4) is 0 Å². The Morgan fingerprint density at radius 1 is 1.28 bits per heavy atom. The summed E-state index contributed by atoms with van der Waals surface area (Å²) in [5, 5.41) is 14.5. The van der Waals surface area contributed by atoms with Gasteiger partial charge in [0.25, 0.3) is 0 Å². The van der Waals surface area contributed by atoms with Crippen LogP contribution in [0.4, 0.5) is 10.5 Å².